The highest BCUT2D eigenvalue weighted by molar-refractivity contribution is 5.90. The molecule has 6 heteroatoms. The van der Waals surface area contributed by atoms with Crippen LogP contribution in [-0.2, 0) is 11.8 Å². The van der Waals surface area contributed by atoms with Crippen LogP contribution in [0, 0.1) is 6.92 Å². The highest BCUT2D eigenvalue weighted by Gasteiger charge is 2.12. The summed E-state index contributed by atoms with van der Waals surface area (Å²) in [5.41, 5.74) is 4.34. The van der Waals surface area contributed by atoms with Gasteiger partial charge in [0.25, 0.3) is 0 Å². The molecule has 0 saturated carbocycles. The van der Waals surface area contributed by atoms with Gasteiger partial charge in [0.15, 0.2) is 0 Å². The summed E-state index contributed by atoms with van der Waals surface area (Å²) in [7, 11) is 1.94. The van der Waals surface area contributed by atoms with E-state index in [0.717, 1.165) is 22.5 Å². The molecule has 0 spiro atoms. The topological polar surface area (TPSA) is 61.9 Å². The van der Waals surface area contributed by atoms with E-state index in [1.165, 1.54) is 0 Å². The lowest BCUT2D eigenvalue weighted by Gasteiger charge is -2.08. The molecule has 0 amide bonds. The smallest absolute Gasteiger partial charge is 0.338 e. The largest absolute Gasteiger partial charge is 0.462 e. The van der Waals surface area contributed by atoms with Crippen molar-refractivity contribution < 1.29 is 9.53 Å². The van der Waals surface area contributed by atoms with Crippen molar-refractivity contribution in [2.24, 2.45) is 7.05 Å². The fourth-order valence-corrected chi connectivity index (χ4v) is 2.42. The van der Waals surface area contributed by atoms with Crippen molar-refractivity contribution in [1.82, 2.24) is 19.3 Å². The molecule has 0 aliphatic heterocycles. The van der Waals surface area contributed by atoms with Crippen molar-refractivity contribution in [3.05, 3.63) is 54.2 Å². The second-order valence-corrected chi connectivity index (χ2v) is 5.29. The highest BCUT2D eigenvalue weighted by atomic mass is 16.5. The van der Waals surface area contributed by atoms with E-state index in [1.54, 1.807) is 42.5 Å². The summed E-state index contributed by atoms with van der Waals surface area (Å²) in [4.78, 5) is 16.0. The third kappa shape index (κ3) is 2.88. The van der Waals surface area contributed by atoms with E-state index in [9.17, 15) is 4.79 Å². The molecule has 6 nitrogen and oxygen atoms in total. The van der Waals surface area contributed by atoms with Crippen molar-refractivity contribution in [3.63, 3.8) is 0 Å². The molecule has 2 heterocycles. The number of rotatable bonds is 4. The second-order valence-electron chi connectivity index (χ2n) is 5.29. The predicted octanol–water partition coefficient (Wildman–Crippen LogP) is 2.76. The number of benzene rings is 1. The van der Waals surface area contributed by atoms with Crippen LogP contribution in [0.1, 0.15) is 22.8 Å². The van der Waals surface area contributed by atoms with Crippen LogP contribution in [0.25, 0.3) is 16.9 Å². The lowest BCUT2D eigenvalue weighted by molar-refractivity contribution is 0.0526. The van der Waals surface area contributed by atoms with Gasteiger partial charge in [0.05, 0.1) is 42.3 Å². The number of nitrogens with zero attached hydrogens (tertiary/aromatic N) is 4. The quantitative estimate of drug-likeness (QED) is 0.695. The van der Waals surface area contributed by atoms with Gasteiger partial charge >= 0.3 is 5.97 Å². The minimum atomic E-state index is -0.326. The maximum Gasteiger partial charge on any atom is 0.338 e. The minimum Gasteiger partial charge on any atom is -0.462 e. The van der Waals surface area contributed by atoms with Crippen LogP contribution in [0.2, 0.25) is 0 Å². The van der Waals surface area contributed by atoms with Crippen LogP contribution in [-0.4, -0.2) is 31.9 Å². The number of ether oxygens (including phenoxy) is 1. The van der Waals surface area contributed by atoms with Gasteiger partial charge in [-0.1, -0.05) is 6.07 Å². The summed E-state index contributed by atoms with van der Waals surface area (Å²) in [5, 5.41) is 4.41. The minimum absolute atomic E-state index is 0.326. The third-order valence-corrected chi connectivity index (χ3v) is 3.66. The number of aromatic nitrogens is 4. The van der Waals surface area contributed by atoms with Gasteiger partial charge in [-0.25, -0.2) is 14.5 Å². The van der Waals surface area contributed by atoms with Crippen LogP contribution in [0.3, 0.4) is 0 Å². The van der Waals surface area contributed by atoms with Crippen LogP contribution in [0.5, 0.6) is 0 Å². The Balaban J connectivity index is 1.99. The van der Waals surface area contributed by atoms with Crippen LogP contribution < -0.4 is 0 Å². The number of carbonyl (C=O) groups excluding carboxylic acids is 1. The zero-order chi connectivity index (χ0) is 16.4. The molecule has 0 aliphatic carbocycles. The molecule has 0 radical (unpaired) electrons. The zero-order valence-corrected chi connectivity index (χ0v) is 13.4. The number of aryl methyl sites for hydroxylation is 2. The first kappa shape index (κ1) is 15.0. The molecular formula is C17H18N4O2. The summed E-state index contributed by atoms with van der Waals surface area (Å²) in [6.07, 6.45) is 7.25. The molecule has 0 unspecified atom stereocenters. The highest BCUT2D eigenvalue weighted by Crippen LogP contribution is 2.21. The Morgan fingerprint density at radius 3 is 2.83 bits per heavy atom. The summed E-state index contributed by atoms with van der Waals surface area (Å²) in [5.74, 6) is -0.326. The van der Waals surface area contributed by atoms with E-state index in [-0.39, 0.29) is 5.97 Å². The first-order valence-electron chi connectivity index (χ1n) is 7.39. The SMILES string of the molecule is CCOC(=O)c1ccc(C)c(-n2cc(-c3cncn3C)cn2)c1. The van der Waals surface area contributed by atoms with E-state index in [0.29, 0.717) is 12.2 Å². The molecular weight excluding hydrogens is 292 g/mol. The molecule has 0 saturated heterocycles. The summed E-state index contributed by atoms with van der Waals surface area (Å²) >= 11 is 0. The van der Waals surface area contributed by atoms with E-state index in [4.69, 9.17) is 4.74 Å². The molecule has 1 aromatic carbocycles. The van der Waals surface area contributed by atoms with E-state index >= 15 is 0 Å². The van der Waals surface area contributed by atoms with Crippen LogP contribution in [0.15, 0.2) is 43.1 Å². The Hall–Kier alpha value is -2.89. The van der Waals surface area contributed by atoms with Gasteiger partial charge in [-0.2, -0.15) is 5.10 Å². The number of hydrogen-bond donors (Lipinski definition) is 0. The van der Waals surface area contributed by atoms with Crippen LogP contribution >= 0.6 is 0 Å². The van der Waals surface area contributed by atoms with Gasteiger partial charge < -0.3 is 9.30 Å². The third-order valence-electron chi connectivity index (χ3n) is 3.66. The Morgan fingerprint density at radius 1 is 1.30 bits per heavy atom. The Morgan fingerprint density at radius 2 is 2.13 bits per heavy atom. The van der Waals surface area contributed by atoms with Crippen molar-refractivity contribution in [2.75, 3.05) is 6.61 Å². The average molecular weight is 310 g/mol. The summed E-state index contributed by atoms with van der Waals surface area (Å²) in [6, 6.07) is 5.46. The van der Waals surface area contributed by atoms with Crippen molar-refractivity contribution in [2.45, 2.75) is 13.8 Å². The molecule has 3 aromatic rings. The lowest BCUT2D eigenvalue weighted by atomic mass is 10.1. The summed E-state index contributed by atoms with van der Waals surface area (Å²) < 4.78 is 8.76. The molecule has 23 heavy (non-hydrogen) atoms. The average Bonchev–Trinajstić information content (AvgIpc) is 3.16. The summed E-state index contributed by atoms with van der Waals surface area (Å²) in [6.45, 7) is 4.13. The van der Waals surface area contributed by atoms with E-state index in [2.05, 4.69) is 10.1 Å². The standard InChI is InChI=1S/C17H18N4O2/c1-4-23-17(22)13-6-5-12(2)15(7-13)21-10-14(8-19-21)16-9-18-11-20(16)3/h5-11H,4H2,1-3H3. The van der Waals surface area contributed by atoms with Gasteiger partial charge in [-0.15, -0.1) is 0 Å². The van der Waals surface area contributed by atoms with Gasteiger partial charge in [0.2, 0.25) is 0 Å². The number of hydrogen-bond acceptors (Lipinski definition) is 4. The normalized spacial score (nSPS) is 10.7. The van der Waals surface area contributed by atoms with Crippen molar-refractivity contribution >= 4 is 5.97 Å². The van der Waals surface area contributed by atoms with Gasteiger partial charge in [-0.3, -0.25) is 0 Å². The molecule has 118 valence electrons. The maximum atomic E-state index is 11.9. The predicted molar refractivity (Wildman–Crippen MR) is 86.5 cm³/mol. The fourth-order valence-electron chi connectivity index (χ4n) is 2.42. The van der Waals surface area contributed by atoms with Gasteiger partial charge in [0, 0.05) is 18.8 Å². The molecule has 0 atom stereocenters. The van der Waals surface area contributed by atoms with Crippen molar-refractivity contribution in [1.29, 1.82) is 0 Å². The lowest BCUT2D eigenvalue weighted by Crippen LogP contribution is -2.07. The number of imidazole rings is 1. The number of carbonyl (C=O) groups is 1. The molecule has 0 fully saturated rings. The van der Waals surface area contributed by atoms with Gasteiger partial charge in [0.1, 0.15) is 0 Å². The van der Waals surface area contributed by atoms with Crippen LogP contribution in [0.4, 0.5) is 0 Å². The second kappa shape index (κ2) is 6.08. The number of esters is 1. The first-order chi connectivity index (χ1) is 11.1. The molecule has 0 aliphatic rings. The Labute approximate surface area is 134 Å². The van der Waals surface area contributed by atoms with Crippen molar-refractivity contribution in [3.8, 4) is 16.9 Å². The zero-order valence-electron chi connectivity index (χ0n) is 13.4. The fraction of sp³-hybridized carbons (Fsp3) is 0.235. The Kier molecular flexibility index (Phi) is 3.97. The Bertz CT molecular complexity index is 848. The van der Waals surface area contributed by atoms with E-state index < -0.39 is 0 Å². The van der Waals surface area contributed by atoms with Gasteiger partial charge in [-0.05, 0) is 31.5 Å². The molecule has 0 bridgehead atoms. The monoisotopic (exact) mass is 310 g/mol. The molecule has 0 N–H and O–H groups in total. The first-order valence-corrected chi connectivity index (χ1v) is 7.39. The molecule has 2 aromatic heterocycles. The van der Waals surface area contributed by atoms with E-state index in [1.807, 2.05) is 30.8 Å². The molecule has 3 rings (SSSR count). The maximum absolute atomic E-state index is 11.9.